The first-order chi connectivity index (χ1) is 10.3. The standard InChI is InChI=1S/C14H16ClNO5S/c1-2-3-4-12(14(18)19)16-13(17)9-22(20,21)11-7-5-10(15)6-8-11/h2-3,5-8,12H,4,9H2,1H3,(H,16,17)(H,18,19)/b3-2+. The van der Waals surface area contributed by atoms with E-state index in [0.29, 0.717) is 5.02 Å². The largest absolute Gasteiger partial charge is 0.480 e. The molecule has 0 aromatic heterocycles. The van der Waals surface area contributed by atoms with Crippen molar-refractivity contribution in [1.82, 2.24) is 5.32 Å². The number of rotatable bonds is 7. The van der Waals surface area contributed by atoms with E-state index in [9.17, 15) is 18.0 Å². The van der Waals surface area contributed by atoms with Gasteiger partial charge >= 0.3 is 5.97 Å². The van der Waals surface area contributed by atoms with Crippen LogP contribution in [0.4, 0.5) is 0 Å². The monoisotopic (exact) mass is 345 g/mol. The smallest absolute Gasteiger partial charge is 0.326 e. The number of hydrogen-bond acceptors (Lipinski definition) is 4. The quantitative estimate of drug-likeness (QED) is 0.732. The average molecular weight is 346 g/mol. The van der Waals surface area contributed by atoms with Crippen molar-refractivity contribution in [3.8, 4) is 0 Å². The highest BCUT2D eigenvalue weighted by Crippen LogP contribution is 2.15. The van der Waals surface area contributed by atoms with E-state index in [2.05, 4.69) is 5.32 Å². The van der Waals surface area contributed by atoms with E-state index in [4.69, 9.17) is 16.7 Å². The van der Waals surface area contributed by atoms with Gasteiger partial charge in [0.15, 0.2) is 9.84 Å². The summed E-state index contributed by atoms with van der Waals surface area (Å²) < 4.78 is 24.1. The number of hydrogen-bond donors (Lipinski definition) is 2. The summed E-state index contributed by atoms with van der Waals surface area (Å²) in [4.78, 5) is 22.7. The van der Waals surface area contributed by atoms with E-state index < -0.39 is 33.5 Å². The predicted octanol–water partition coefficient (Wildman–Crippen LogP) is 1.65. The summed E-state index contributed by atoms with van der Waals surface area (Å²) in [6.45, 7) is 1.71. The van der Waals surface area contributed by atoms with Gasteiger partial charge in [0.1, 0.15) is 11.8 Å². The number of sulfone groups is 1. The van der Waals surface area contributed by atoms with Crippen molar-refractivity contribution in [2.24, 2.45) is 0 Å². The first-order valence-electron chi connectivity index (χ1n) is 6.38. The summed E-state index contributed by atoms with van der Waals surface area (Å²) in [5.41, 5.74) is 0. The fraction of sp³-hybridized carbons (Fsp3) is 0.286. The van der Waals surface area contributed by atoms with Crippen molar-refractivity contribution in [2.45, 2.75) is 24.3 Å². The van der Waals surface area contributed by atoms with E-state index in [1.807, 2.05) is 0 Å². The van der Waals surface area contributed by atoms with Crippen LogP contribution in [0.1, 0.15) is 13.3 Å². The lowest BCUT2D eigenvalue weighted by Crippen LogP contribution is -2.43. The van der Waals surface area contributed by atoms with Gasteiger partial charge in [0.25, 0.3) is 0 Å². The molecule has 22 heavy (non-hydrogen) atoms. The van der Waals surface area contributed by atoms with Crippen LogP contribution in [-0.4, -0.2) is 37.2 Å². The topological polar surface area (TPSA) is 101 Å². The molecule has 0 aliphatic carbocycles. The molecular weight excluding hydrogens is 330 g/mol. The van der Waals surface area contributed by atoms with E-state index in [-0.39, 0.29) is 11.3 Å². The van der Waals surface area contributed by atoms with Crippen LogP contribution in [0.15, 0.2) is 41.3 Å². The molecule has 2 N–H and O–H groups in total. The highest BCUT2D eigenvalue weighted by molar-refractivity contribution is 7.92. The Balaban J connectivity index is 2.78. The zero-order chi connectivity index (χ0) is 16.8. The van der Waals surface area contributed by atoms with Crippen LogP contribution in [0.3, 0.4) is 0 Å². The molecule has 0 saturated carbocycles. The number of carboxylic acid groups (broad SMARTS) is 1. The maximum Gasteiger partial charge on any atom is 0.326 e. The number of halogens is 1. The highest BCUT2D eigenvalue weighted by atomic mass is 35.5. The summed E-state index contributed by atoms with van der Waals surface area (Å²) in [6, 6.07) is 4.22. The Morgan fingerprint density at radius 1 is 1.32 bits per heavy atom. The van der Waals surface area contributed by atoms with Gasteiger partial charge in [-0.2, -0.15) is 0 Å². The third-order valence-electron chi connectivity index (χ3n) is 2.73. The predicted molar refractivity (Wildman–Crippen MR) is 82.5 cm³/mol. The highest BCUT2D eigenvalue weighted by Gasteiger charge is 2.23. The first-order valence-corrected chi connectivity index (χ1v) is 8.41. The second-order valence-corrected chi connectivity index (χ2v) is 6.90. The van der Waals surface area contributed by atoms with Gasteiger partial charge < -0.3 is 10.4 Å². The van der Waals surface area contributed by atoms with E-state index >= 15 is 0 Å². The minimum atomic E-state index is -3.85. The minimum Gasteiger partial charge on any atom is -0.480 e. The van der Waals surface area contributed by atoms with Crippen LogP contribution in [-0.2, 0) is 19.4 Å². The number of allylic oxidation sites excluding steroid dienone is 1. The maximum absolute atomic E-state index is 12.1. The second-order valence-electron chi connectivity index (χ2n) is 4.48. The van der Waals surface area contributed by atoms with Gasteiger partial charge in [-0.3, -0.25) is 4.79 Å². The average Bonchev–Trinajstić information content (AvgIpc) is 2.43. The van der Waals surface area contributed by atoms with Gasteiger partial charge in [-0.1, -0.05) is 23.8 Å². The van der Waals surface area contributed by atoms with Crippen molar-refractivity contribution in [1.29, 1.82) is 0 Å². The fourth-order valence-corrected chi connectivity index (χ4v) is 2.90. The molecule has 0 bridgehead atoms. The molecule has 0 fully saturated rings. The van der Waals surface area contributed by atoms with Crippen molar-refractivity contribution < 1.29 is 23.1 Å². The molecule has 120 valence electrons. The number of carboxylic acids is 1. The maximum atomic E-state index is 12.1. The Labute approximate surface area is 133 Å². The molecule has 1 rings (SSSR count). The Morgan fingerprint density at radius 3 is 2.41 bits per heavy atom. The molecule has 1 unspecified atom stereocenters. The lowest BCUT2D eigenvalue weighted by molar-refractivity contribution is -0.141. The Kier molecular flexibility index (Phi) is 6.58. The van der Waals surface area contributed by atoms with Gasteiger partial charge in [-0.15, -0.1) is 0 Å². The second kappa shape index (κ2) is 7.95. The van der Waals surface area contributed by atoms with Gasteiger partial charge in [-0.05, 0) is 37.6 Å². The summed E-state index contributed by atoms with van der Waals surface area (Å²) >= 11 is 5.67. The summed E-state index contributed by atoms with van der Waals surface area (Å²) in [5.74, 6) is -2.92. The van der Waals surface area contributed by atoms with Crippen LogP contribution < -0.4 is 5.32 Å². The number of nitrogens with one attached hydrogen (secondary N) is 1. The summed E-state index contributed by atoms with van der Waals surface area (Å²) in [5, 5.41) is 11.6. The normalized spacial score (nSPS) is 13.0. The van der Waals surface area contributed by atoms with Crippen molar-refractivity contribution >= 4 is 33.3 Å². The molecule has 0 radical (unpaired) electrons. The number of aliphatic carboxylic acids is 1. The number of carbonyl (C=O) groups excluding carboxylic acids is 1. The first kappa shape index (κ1) is 18.2. The van der Waals surface area contributed by atoms with E-state index in [1.165, 1.54) is 24.3 Å². The van der Waals surface area contributed by atoms with Crippen LogP contribution >= 0.6 is 11.6 Å². The van der Waals surface area contributed by atoms with Crippen LogP contribution in [0.25, 0.3) is 0 Å². The van der Waals surface area contributed by atoms with Crippen LogP contribution in [0.5, 0.6) is 0 Å². The number of benzene rings is 1. The van der Waals surface area contributed by atoms with Crippen molar-refractivity contribution in [3.63, 3.8) is 0 Å². The third kappa shape index (κ3) is 5.50. The van der Waals surface area contributed by atoms with Gasteiger partial charge in [0.05, 0.1) is 4.90 Å². The van der Waals surface area contributed by atoms with E-state index in [0.717, 1.165) is 0 Å². The Hall–Kier alpha value is -1.86. The van der Waals surface area contributed by atoms with Gasteiger partial charge in [0, 0.05) is 5.02 Å². The van der Waals surface area contributed by atoms with Crippen LogP contribution in [0.2, 0.25) is 5.02 Å². The third-order valence-corrected chi connectivity index (χ3v) is 4.62. The summed E-state index contributed by atoms with van der Waals surface area (Å²) in [6.07, 6.45) is 3.30. The Morgan fingerprint density at radius 2 is 1.91 bits per heavy atom. The molecule has 6 nitrogen and oxygen atoms in total. The van der Waals surface area contributed by atoms with Gasteiger partial charge in [0.2, 0.25) is 5.91 Å². The molecule has 0 spiro atoms. The van der Waals surface area contributed by atoms with Crippen molar-refractivity contribution in [3.05, 3.63) is 41.4 Å². The molecule has 0 aliphatic rings. The lowest BCUT2D eigenvalue weighted by atomic mass is 10.2. The summed E-state index contributed by atoms with van der Waals surface area (Å²) in [7, 11) is -3.85. The lowest BCUT2D eigenvalue weighted by Gasteiger charge is -2.12. The molecule has 1 aromatic rings. The zero-order valence-corrected chi connectivity index (χ0v) is 13.4. The molecule has 1 atom stereocenters. The SMILES string of the molecule is C/C=C/CC(NC(=O)CS(=O)(=O)c1ccc(Cl)cc1)C(=O)O. The van der Waals surface area contributed by atoms with Gasteiger partial charge in [-0.25, -0.2) is 13.2 Å². The minimum absolute atomic E-state index is 0.0487. The molecule has 1 amide bonds. The molecule has 8 heteroatoms. The number of amides is 1. The zero-order valence-electron chi connectivity index (χ0n) is 11.8. The molecular formula is C14H16ClNO5S. The molecule has 0 heterocycles. The van der Waals surface area contributed by atoms with Crippen LogP contribution in [0, 0.1) is 0 Å². The Bertz CT molecular complexity index is 667. The molecule has 1 aromatic carbocycles. The van der Waals surface area contributed by atoms with E-state index in [1.54, 1.807) is 19.1 Å². The number of carbonyl (C=O) groups is 2. The molecule has 0 saturated heterocycles. The molecule has 0 aliphatic heterocycles. The van der Waals surface area contributed by atoms with Crippen molar-refractivity contribution in [2.75, 3.05) is 5.75 Å². The fourth-order valence-electron chi connectivity index (χ4n) is 1.63.